The molecule has 37 heavy (non-hydrogen) atoms. The van der Waals surface area contributed by atoms with E-state index in [-0.39, 0.29) is 5.91 Å². The van der Waals surface area contributed by atoms with Crippen LogP contribution in [0.1, 0.15) is 16.7 Å². The molecule has 7 heteroatoms. The summed E-state index contributed by atoms with van der Waals surface area (Å²) in [5.41, 5.74) is 3.64. The zero-order valence-corrected chi connectivity index (χ0v) is 21.6. The summed E-state index contributed by atoms with van der Waals surface area (Å²) in [7, 11) is 3.21. The van der Waals surface area contributed by atoms with Crippen LogP contribution in [0.3, 0.4) is 0 Å². The molecular weight excluding hydrogens is 484 g/mol. The number of carbonyl (C=O) groups excluding carboxylic acids is 1. The second-order valence-corrected chi connectivity index (χ2v) is 9.52. The number of aliphatic imine (C=N–C) groups is 1. The quantitative estimate of drug-likeness (QED) is 0.283. The van der Waals surface area contributed by atoms with Crippen molar-refractivity contribution in [1.82, 2.24) is 5.32 Å². The molecule has 186 valence electrons. The summed E-state index contributed by atoms with van der Waals surface area (Å²) in [5.74, 6) is 1.67. The van der Waals surface area contributed by atoms with Crippen molar-refractivity contribution in [2.24, 2.45) is 4.99 Å². The summed E-state index contributed by atoms with van der Waals surface area (Å²) < 4.78 is 17.1. The number of ether oxygens (including phenoxy) is 3. The monoisotopic (exact) mass is 510 g/mol. The van der Waals surface area contributed by atoms with Crippen LogP contribution < -0.4 is 19.5 Å². The fraction of sp³-hybridized carbons (Fsp3) is 0.133. The molecule has 1 N–H and O–H groups in total. The number of methoxy groups -OCH3 is 2. The fourth-order valence-electron chi connectivity index (χ4n) is 4.10. The van der Waals surface area contributed by atoms with Gasteiger partial charge in [-0.25, -0.2) is 4.99 Å². The molecule has 0 radical (unpaired) electrons. The van der Waals surface area contributed by atoms with Crippen LogP contribution in [0.4, 0.5) is 5.69 Å². The minimum absolute atomic E-state index is 0.203. The van der Waals surface area contributed by atoms with Gasteiger partial charge >= 0.3 is 0 Å². The van der Waals surface area contributed by atoms with Gasteiger partial charge in [0.2, 0.25) is 0 Å². The van der Waals surface area contributed by atoms with Gasteiger partial charge in [-0.1, -0.05) is 54.6 Å². The number of carbonyl (C=O) groups is 1. The molecule has 0 saturated carbocycles. The molecule has 1 aliphatic heterocycles. The fourth-order valence-corrected chi connectivity index (χ4v) is 4.93. The molecule has 1 amide bonds. The van der Waals surface area contributed by atoms with Crippen LogP contribution in [-0.4, -0.2) is 25.3 Å². The van der Waals surface area contributed by atoms with Crippen molar-refractivity contribution >= 4 is 45.4 Å². The number of rotatable bonds is 7. The van der Waals surface area contributed by atoms with Crippen molar-refractivity contribution in [3.63, 3.8) is 0 Å². The van der Waals surface area contributed by atoms with E-state index in [1.54, 1.807) is 14.2 Å². The normalized spacial score (nSPS) is 15.3. The number of aryl methyl sites for hydroxylation is 1. The highest BCUT2D eigenvalue weighted by molar-refractivity contribution is 8.18. The lowest BCUT2D eigenvalue weighted by molar-refractivity contribution is -0.115. The van der Waals surface area contributed by atoms with E-state index in [1.807, 2.05) is 67.6 Å². The highest BCUT2D eigenvalue weighted by Crippen LogP contribution is 2.35. The lowest BCUT2D eigenvalue weighted by Crippen LogP contribution is -2.19. The maximum atomic E-state index is 12.6. The summed E-state index contributed by atoms with van der Waals surface area (Å²) in [6.45, 7) is 2.40. The molecule has 0 unspecified atom stereocenters. The molecule has 0 aromatic heterocycles. The van der Waals surface area contributed by atoms with Crippen LogP contribution in [0.2, 0.25) is 0 Å². The van der Waals surface area contributed by atoms with Gasteiger partial charge in [0.15, 0.2) is 16.7 Å². The first-order valence-corrected chi connectivity index (χ1v) is 12.6. The lowest BCUT2D eigenvalue weighted by atomic mass is 10.1. The second kappa shape index (κ2) is 10.8. The van der Waals surface area contributed by atoms with E-state index in [2.05, 4.69) is 34.6 Å². The topological polar surface area (TPSA) is 69.2 Å². The highest BCUT2D eigenvalue weighted by atomic mass is 32.2. The van der Waals surface area contributed by atoms with Crippen LogP contribution in [0.25, 0.3) is 16.8 Å². The Bertz CT molecular complexity index is 1540. The van der Waals surface area contributed by atoms with Gasteiger partial charge < -0.3 is 19.5 Å². The van der Waals surface area contributed by atoms with E-state index < -0.39 is 0 Å². The highest BCUT2D eigenvalue weighted by Gasteiger charge is 2.24. The molecule has 1 saturated heterocycles. The van der Waals surface area contributed by atoms with Gasteiger partial charge in [-0.05, 0) is 76.5 Å². The predicted octanol–water partition coefficient (Wildman–Crippen LogP) is 6.64. The molecule has 4 aromatic rings. The lowest BCUT2D eigenvalue weighted by Gasteiger charge is -2.13. The van der Waals surface area contributed by atoms with E-state index in [0.717, 1.165) is 22.1 Å². The van der Waals surface area contributed by atoms with Crippen LogP contribution in [0.5, 0.6) is 17.2 Å². The Hall–Kier alpha value is -4.23. The second-order valence-electron chi connectivity index (χ2n) is 8.49. The van der Waals surface area contributed by atoms with Gasteiger partial charge in [0, 0.05) is 0 Å². The molecular formula is C30H26N2O4S. The Balaban J connectivity index is 1.34. The minimum Gasteiger partial charge on any atom is -0.494 e. The minimum atomic E-state index is -0.203. The molecule has 6 nitrogen and oxygen atoms in total. The van der Waals surface area contributed by atoms with Gasteiger partial charge in [-0.3, -0.25) is 4.79 Å². The summed E-state index contributed by atoms with van der Waals surface area (Å²) in [5, 5.41) is 5.67. The van der Waals surface area contributed by atoms with E-state index in [0.29, 0.717) is 39.6 Å². The van der Waals surface area contributed by atoms with Crippen molar-refractivity contribution < 1.29 is 19.0 Å². The summed E-state index contributed by atoms with van der Waals surface area (Å²) in [4.78, 5) is 17.8. The Morgan fingerprint density at radius 2 is 1.68 bits per heavy atom. The number of benzene rings is 4. The maximum absolute atomic E-state index is 12.6. The van der Waals surface area contributed by atoms with E-state index >= 15 is 0 Å². The van der Waals surface area contributed by atoms with Crippen LogP contribution in [0.15, 0.2) is 88.8 Å². The molecule has 0 bridgehead atoms. The average molecular weight is 511 g/mol. The van der Waals surface area contributed by atoms with Crippen molar-refractivity contribution in [3.8, 4) is 17.2 Å². The number of thioether (sulfide) groups is 1. The molecule has 5 rings (SSSR count). The zero-order chi connectivity index (χ0) is 25.8. The largest absolute Gasteiger partial charge is 0.494 e. The molecule has 1 aliphatic rings. The van der Waals surface area contributed by atoms with Gasteiger partial charge in [0.1, 0.15) is 18.0 Å². The first kappa shape index (κ1) is 24.5. The van der Waals surface area contributed by atoms with Gasteiger partial charge in [-0.15, -0.1) is 0 Å². The standard InChI is InChI=1S/C30H26N2O4S/c1-19-11-13-25(34-2)24(15-19)31-30-32-29(33)28(37-30)17-20-12-14-26(27(16-20)35-3)36-18-22-9-6-8-21-7-4-5-10-23(21)22/h4-17H,18H2,1-3H3,(H,31,32,33)/b28-17-. The van der Waals surface area contributed by atoms with Gasteiger partial charge in [-0.2, -0.15) is 0 Å². The molecule has 0 atom stereocenters. The number of fused-ring (bicyclic) bond motifs is 1. The summed E-state index contributed by atoms with van der Waals surface area (Å²) in [6.07, 6.45) is 1.81. The third-order valence-corrected chi connectivity index (χ3v) is 6.87. The van der Waals surface area contributed by atoms with Crippen LogP contribution in [0, 0.1) is 6.92 Å². The third kappa shape index (κ3) is 5.47. The van der Waals surface area contributed by atoms with Crippen molar-refractivity contribution in [2.75, 3.05) is 14.2 Å². The molecule has 1 fully saturated rings. The first-order chi connectivity index (χ1) is 18.0. The SMILES string of the molecule is COc1ccc(C)cc1N=C1NC(=O)/C(=C/c2ccc(OCc3cccc4ccccc34)c(OC)c2)S1. The number of nitrogens with zero attached hydrogens (tertiary/aromatic N) is 1. The van der Waals surface area contributed by atoms with E-state index in [1.165, 1.54) is 17.1 Å². The van der Waals surface area contributed by atoms with Crippen molar-refractivity contribution in [3.05, 3.63) is 100 Å². The average Bonchev–Trinajstić information content (AvgIpc) is 3.25. The van der Waals surface area contributed by atoms with Crippen LogP contribution in [-0.2, 0) is 11.4 Å². The van der Waals surface area contributed by atoms with E-state index in [9.17, 15) is 4.79 Å². The Kier molecular flexibility index (Phi) is 7.14. The molecule has 4 aromatic carbocycles. The van der Waals surface area contributed by atoms with Gasteiger partial charge in [0.05, 0.1) is 19.1 Å². The predicted molar refractivity (Wildman–Crippen MR) is 150 cm³/mol. The van der Waals surface area contributed by atoms with E-state index in [4.69, 9.17) is 14.2 Å². The van der Waals surface area contributed by atoms with Crippen LogP contribution >= 0.6 is 11.8 Å². The molecule has 0 aliphatic carbocycles. The van der Waals surface area contributed by atoms with Crippen molar-refractivity contribution in [2.45, 2.75) is 13.5 Å². The smallest absolute Gasteiger partial charge is 0.264 e. The Morgan fingerprint density at radius 3 is 2.51 bits per heavy atom. The number of hydrogen-bond acceptors (Lipinski definition) is 6. The Morgan fingerprint density at radius 1 is 0.892 bits per heavy atom. The van der Waals surface area contributed by atoms with Crippen molar-refractivity contribution in [1.29, 1.82) is 0 Å². The number of hydrogen-bond donors (Lipinski definition) is 1. The first-order valence-electron chi connectivity index (χ1n) is 11.8. The third-order valence-electron chi connectivity index (χ3n) is 5.96. The number of amides is 1. The maximum Gasteiger partial charge on any atom is 0.264 e. The summed E-state index contributed by atoms with van der Waals surface area (Å²) >= 11 is 1.28. The number of amidine groups is 1. The number of nitrogens with one attached hydrogen (secondary N) is 1. The summed E-state index contributed by atoms with van der Waals surface area (Å²) in [6, 6.07) is 25.8. The Labute approximate surface area is 220 Å². The van der Waals surface area contributed by atoms with Gasteiger partial charge in [0.25, 0.3) is 5.91 Å². The molecule has 0 spiro atoms. The zero-order valence-electron chi connectivity index (χ0n) is 20.8. The molecule has 1 heterocycles.